The molecule has 7 heteroatoms. The maximum Gasteiger partial charge on any atom is 0.274 e. The number of nitrogens with one attached hydrogen (secondary N) is 2. The SMILES string of the molecule is Cc1c(C(=O)N[C@H](CO)c2ccccc2)nn2c(C)c(-c3ccc4ccccc4c3)[nH]c(=O)c12. The lowest BCUT2D eigenvalue weighted by Gasteiger charge is -2.16. The standard InChI is InChI=1S/C27H24N4O3/c1-16-23(26(33)28-22(15-32)19-9-4-3-5-10-19)30-31-17(2)24(29-27(34)25(16)31)21-13-12-18-8-6-7-11-20(18)14-21/h3-14,22,32H,15H2,1-2H3,(H,28,33)(H,29,34)/t22-/m1/s1. The van der Waals surface area contributed by atoms with Crippen LogP contribution in [0.3, 0.4) is 0 Å². The van der Waals surface area contributed by atoms with E-state index < -0.39 is 11.9 Å². The molecule has 0 fully saturated rings. The quantitative estimate of drug-likeness (QED) is 0.376. The summed E-state index contributed by atoms with van der Waals surface area (Å²) in [5.74, 6) is -0.449. The summed E-state index contributed by atoms with van der Waals surface area (Å²) in [6.45, 7) is 3.31. The highest BCUT2D eigenvalue weighted by molar-refractivity contribution is 5.96. The van der Waals surface area contributed by atoms with Gasteiger partial charge in [-0.05, 0) is 36.2 Å². The predicted molar refractivity (Wildman–Crippen MR) is 132 cm³/mol. The number of nitrogens with zero attached hydrogens (tertiary/aromatic N) is 2. The van der Waals surface area contributed by atoms with E-state index in [-0.39, 0.29) is 17.9 Å². The van der Waals surface area contributed by atoms with E-state index in [4.69, 9.17) is 0 Å². The molecule has 34 heavy (non-hydrogen) atoms. The number of hydrogen-bond acceptors (Lipinski definition) is 4. The molecule has 5 rings (SSSR count). The molecule has 0 unspecified atom stereocenters. The van der Waals surface area contributed by atoms with E-state index in [2.05, 4.69) is 15.4 Å². The number of amides is 1. The van der Waals surface area contributed by atoms with Gasteiger partial charge in [0.1, 0.15) is 5.52 Å². The molecule has 3 N–H and O–H groups in total. The average molecular weight is 453 g/mol. The maximum atomic E-state index is 13.1. The zero-order valence-electron chi connectivity index (χ0n) is 18.9. The van der Waals surface area contributed by atoms with Crippen molar-refractivity contribution >= 4 is 22.2 Å². The third-order valence-corrected chi connectivity index (χ3v) is 6.20. The van der Waals surface area contributed by atoms with Gasteiger partial charge in [-0.15, -0.1) is 0 Å². The van der Waals surface area contributed by atoms with E-state index in [0.29, 0.717) is 22.5 Å². The average Bonchev–Trinajstić information content (AvgIpc) is 3.23. The number of aliphatic hydroxyl groups excluding tert-OH is 1. The molecule has 0 aliphatic heterocycles. The first kappa shape index (κ1) is 21.6. The number of rotatable bonds is 5. The minimum atomic E-state index is -0.578. The lowest BCUT2D eigenvalue weighted by molar-refractivity contribution is 0.0910. The van der Waals surface area contributed by atoms with Crippen molar-refractivity contribution in [3.05, 3.63) is 106 Å². The minimum Gasteiger partial charge on any atom is -0.394 e. The summed E-state index contributed by atoms with van der Waals surface area (Å²) in [5.41, 5.74) is 3.65. The summed E-state index contributed by atoms with van der Waals surface area (Å²) in [6, 6.07) is 22.7. The first-order valence-electron chi connectivity index (χ1n) is 11.1. The van der Waals surface area contributed by atoms with Crippen LogP contribution in [0.1, 0.15) is 33.4 Å². The van der Waals surface area contributed by atoms with Gasteiger partial charge in [-0.25, -0.2) is 4.52 Å². The van der Waals surface area contributed by atoms with E-state index in [1.54, 1.807) is 6.92 Å². The number of benzene rings is 3. The fourth-order valence-electron chi connectivity index (χ4n) is 4.36. The van der Waals surface area contributed by atoms with Crippen LogP contribution in [-0.4, -0.2) is 32.2 Å². The van der Waals surface area contributed by atoms with Gasteiger partial charge in [0.05, 0.1) is 24.0 Å². The predicted octanol–water partition coefficient (Wildman–Crippen LogP) is 3.92. The summed E-state index contributed by atoms with van der Waals surface area (Å²) >= 11 is 0. The first-order valence-corrected chi connectivity index (χ1v) is 11.1. The fraction of sp³-hybridized carbons (Fsp3) is 0.148. The Morgan fingerprint density at radius 3 is 2.47 bits per heavy atom. The second-order valence-electron chi connectivity index (χ2n) is 8.33. The van der Waals surface area contributed by atoms with Gasteiger partial charge in [0, 0.05) is 11.1 Å². The highest BCUT2D eigenvalue weighted by atomic mass is 16.3. The maximum absolute atomic E-state index is 13.1. The molecule has 7 nitrogen and oxygen atoms in total. The summed E-state index contributed by atoms with van der Waals surface area (Å²) < 4.78 is 1.53. The Morgan fingerprint density at radius 2 is 1.74 bits per heavy atom. The van der Waals surface area contributed by atoms with Gasteiger partial charge in [-0.2, -0.15) is 5.10 Å². The van der Waals surface area contributed by atoms with Crippen LogP contribution in [0.25, 0.3) is 27.5 Å². The zero-order valence-corrected chi connectivity index (χ0v) is 18.9. The third kappa shape index (κ3) is 3.66. The van der Waals surface area contributed by atoms with E-state index in [1.807, 2.05) is 79.7 Å². The fourth-order valence-corrected chi connectivity index (χ4v) is 4.36. The van der Waals surface area contributed by atoms with Crippen molar-refractivity contribution in [2.45, 2.75) is 19.9 Å². The largest absolute Gasteiger partial charge is 0.394 e. The number of carbonyl (C=O) groups excluding carboxylic acids is 1. The van der Waals surface area contributed by atoms with Crippen LogP contribution in [0.4, 0.5) is 0 Å². The van der Waals surface area contributed by atoms with Crippen molar-refractivity contribution < 1.29 is 9.90 Å². The number of H-pyrrole nitrogens is 1. The summed E-state index contributed by atoms with van der Waals surface area (Å²) in [7, 11) is 0. The van der Waals surface area contributed by atoms with Crippen LogP contribution in [0.15, 0.2) is 77.6 Å². The molecule has 170 valence electrons. The molecule has 2 aromatic heterocycles. The second-order valence-corrected chi connectivity index (χ2v) is 8.33. The molecule has 0 saturated heterocycles. The Balaban J connectivity index is 1.57. The van der Waals surface area contributed by atoms with Crippen molar-refractivity contribution in [3.63, 3.8) is 0 Å². The molecule has 2 heterocycles. The number of aryl methyl sites for hydroxylation is 2. The summed E-state index contributed by atoms with van der Waals surface area (Å²) in [5, 5.41) is 19.3. The van der Waals surface area contributed by atoms with Gasteiger partial charge in [0.25, 0.3) is 11.5 Å². The van der Waals surface area contributed by atoms with Gasteiger partial charge in [0.2, 0.25) is 0 Å². The second kappa shape index (κ2) is 8.61. The molecular weight excluding hydrogens is 428 g/mol. The normalized spacial score (nSPS) is 12.2. The van der Waals surface area contributed by atoms with E-state index in [1.165, 1.54) is 4.52 Å². The lowest BCUT2D eigenvalue weighted by atomic mass is 10.0. The zero-order chi connectivity index (χ0) is 23.8. The number of carbonyl (C=O) groups is 1. The smallest absolute Gasteiger partial charge is 0.274 e. The van der Waals surface area contributed by atoms with Crippen LogP contribution in [0.2, 0.25) is 0 Å². The van der Waals surface area contributed by atoms with Gasteiger partial charge in [0.15, 0.2) is 5.69 Å². The molecule has 0 bridgehead atoms. The van der Waals surface area contributed by atoms with Crippen LogP contribution >= 0.6 is 0 Å². The Hall–Kier alpha value is -4.23. The Bertz CT molecular complexity index is 1580. The Morgan fingerprint density at radius 1 is 1.03 bits per heavy atom. The number of aromatic amines is 1. The van der Waals surface area contributed by atoms with Crippen molar-refractivity contribution in [1.82, 2.24) is 19.9 Å². The van der Waals surface area contributed by atoms with Gasteiger partial charge >= 0.3 is 0 Å². The highest BCUT2D eigenvalue weighted by Crippen LogP contribution is 2.26. The highest BCUT2D eigenvalue weighted by Gasteiger charge is 2.23. The molecule has 0 radical (unpaired) electrons. The van der Waals surface area contributed by atoms with E-state index in [9.17, 15) is 14.7 Å². The van der Waals surface area contributed by atoms with Crippen LogP contribution < -0.4 is 10.9 Å². The molecule has 0 spiro atoms. The molecular formula is C27H24N4O3. The van der Waals surface area contributed by atoms with Crippen molar-refractivity contribution in [2.75, 3.05) is 6.61 Å². The van der Waals surface area contributed by atoms with E-state index in [0.717, 1.165) is 21.9 Å². The van der Waals surface area contributed by atoms with Crippen molar-refractivity contribution in [1.29, 1.82) is 0 Å². The van der Waals surface area contributed by atoms with Gasteiger partial charge < -0.3 is 15.4 Å². The topological polar surface area (TPSA) is 99.5 Å². The monoisotopic (exact) mass is 452 g/mol. The van der Waals surface area contributed by atoms with Crippen molar-refractivity contribution in [3.8, 4) is 11.3 Å². The van der Waals surface area contributed by atoms with E-state index >= 15 is 0 Å². The van der Waals surface area contributed by atoms with Crippen molar-refractivity contribution in [2.24, 2.45) is 0 Å². The van der Waals surface area contributed by atoms with Crippen LogP contribution in [-0.2, 0) is 0 Å². The molecule has 1 atom stereocenters. The Kier molecular flexibility index (Phi) is 5.47. The van der Waals surface area contributed by atoms with Crippen LogP contribution in [0, 0.1) is 13.8 Å². The Labute approximate surface area is 195 Å². The lowest BCUT2D eigenvalue weighted by Crippen LogP contribution is -2.31. The minimum absolute atomic E-state index is 0.152. The first-order chi connectivity index (χ1) is 16.5. The van der Waals surface area contributed by atoms with Crippen LogP contribution in [0.5, 0.6) is 0 Å². The number of fused-ring (bicyclic) bond motifs is 2. The number of aromatic nitrogens is 3. The molecule has 0 saturated carbocycles. The van der Waals surface area contributed by atoms with Gasteiger partial charge in [-0.1, -0.05) is 66.7 Å². The molecule has 1 amide bonds. The number of hydrogen-bond donors (Lipinski definition) is 3. The summed E-state index contributed by atoms with van der Waals surface area (Å²) in [6.07, 6.45) is 0. The molecule has 3 aromatic carbocycles. The third-order valence-electron chi connectivity index (χ3n) is 6.20. The number of aliphatic hydroxyl groups is 1. The molecule has 5 aromatic rings. The summed E-state index contributed by atoms with van der Waals surface area (Å²) in [4.78, 5) is 29.1. The molecule has 0 aliphatic rings. The molecule has 0 aliphatic carbocycles. The van der Waals surface area contributed by atoms with Gasteiger partial charge in [-0.3, -0.25) is 9.59 Å².